The number of halogens is 7. The molecule has 2 aromatic heterocycles. The zero-order valence-corrected chi connectivity index (χ0v) is 19.0. The van der Waals surface area contributed by atoms with E-state index in [9.17, 15) is 30.7 Å². The maximum absolute atomic E-state index is 14.2. The van der Waals surface area contributed by atoms with Crippen molar-refractivity contribution in [3.8, 4) is 5.75 Å². The Bertz CT molecular complexity index is 1060. The van der Waals surface area contributed by atoms with Gasteiger partial charge in [-0.25, -0.2) is 9.37 Å². The van der Waals surface area contributed by atoms with Crippen LogP contribution in [0.3, 0.4) is 0 Å². The number of alkyl halides is 6. The molecular formula is C23H25F7N4O. The molecule has 0 radical (unpaired) electrons. The molecule has 0 atom stereocenters. The minimum Gasteiger partial charge on any atom is -0.402 e. The third kappa shape index (κ3) is 8.45. The highest BCUT2D eigenvalue weighted by molar-refractivity contribution is 5.77. The summed E-state index contributed by atoms with van der Waals surface area (Å²) in [5.41, 5.74) is 5.32. The number of allylic oxidation sites excluding steroid dienone is 6. The van der Waals surface area contributed by atoms with Crippen molar-refractivity contribution in [1.82, 2.24) is 14.8 Å². The maximum atomic E-state index is 14.2. The average molecular weight is 506 g/mol. The molecule has 0 bridgehead atoms. The van der Waals surface area contributed by atoms with Gasteiger partial charge in [-0.15, -0.1) is 13.2 Å². The van der Waals surface area contributed by atoms with Gasteiger partial charge in [0.2, 0.25) is 0 Å². The molecule has 12 heteroatoms. The topological polar surface area (TPSA) is 66.0 Å². The summed E-state index contributed by atoms with van der Waals surface area (Å²) in [7, 11) is 0. The zero-order chi connectivity index (χ0) is 26.2. The molecule has 1 aliphatic heterocycles. The Labute approximate surface area is 197 Å². The molecule has 0 amide bonds. The second-order valence-corrected chi connectivity index (χ2v) is 7.40. The van der Waals surface area contributed by atoms with Crippen molar-refractivity contribution >= 4 is 11.4 Å². The molecule has 1 aliphatic rings. The molecule has 35 heavy (non-hydrogen) atoms. The number of fused-ring (bicyclic) bond motifs is 1. The highest BCUT2D eigenvalue weighted by Crippen LogP contribution is 2.33. The summed E-state index contributed by atoms with van der Waals surface area (Å²) in [6.07, 6.45) is -1.88. The van der Waals surface area contributed by atoms with Crippen molar-refractivity contribution in [3.05, 3.63) is 65.4 Å². The fraction of sp³-hybridized carbons (Fsp3) is 0.391. The number of aromatic nitrogens is 3. The highest BCUT2D eigenvalue weighted by atomic mass is 19.4. The summed E-state index contributed by atoms with van der Waals surface area (Å²) in [5.74, 6) is -1.47. The Morgan fingerprint density at radius 1 is 1.20 bits per heavy atom. The van der Waals surface area contributed by atoms with Crippen LogP contribution in [0.25, 0.3) is 5.57 Å². The van der Waals surface area contributed by atoms with Gasteiger partial charge in [-0.2, -0.15) is 18.3 Å². The first-order chi connectivity index (χ1) is 16.4. The standard InChI is InChI=1S/C17H20F4N2.C6H5F3N2O/c1-3-7-12(17(19,20)21)10-14(15(18)4-2)16-11-13-8-5-6-9-23(13)22-16;7-6(8,9)12-4-2-1-3-11-5(4)10/h4,7,10-11H,3,5-6,8-9H2,1-2H3;1-3H,(H2,10,11)/b12-7-,14-10+,15-4+;. The fourth-order valence-corrected chi connectivity index (χ4v) is 3.22. The van der Waals surface area contributed by atoms with E-state index in [0.717, 1.165) is 55.8 Å². The van der Waals surface area contributed by atoms with Gasteiger partial charge in [-0.3, -0.25) is 4.68 Å². The van der Waals surface area contributed by atoms with E-state index in [1.807, 2.05) is 0 Å². The van der Waals surface area contributed by atoms with E-state index < -0.39 is 29.7 Å². The first-order valence-electron chi connectivity index (χ1n) is 10.7. The molecule has 3 rings (SSSR count). The van der Waals surface area contributed by atoms with Crippen LogP contribution >= 0.6 is 0 Å². The van der Waals surface area contributed by atoms with E-state index in [2.05, 4.69) is 14.8 Å². The first-order valence-corrected chi connectivity index (χ1v) is 10.7. The molecule has 3 heterocycles. The minimum atomic E-state index is -4.73. The lowest BCUT2D eigenvalue weighted by Gasteiger charge is -2.12. The van der Waals surface area contributed by atoms with E-state index >= 15 is 0 Å². The van der Waals surface area contributed by atoms with Gasteiger partial charge in [-0.1, -0.05) is 19.1 Å². The normalized spacial score (nSPS) is 15.3. The van der Waals surface area contributed by atoms with E-state index in [-0.39, 0.29) is 23.5 Å². The molecule has 192 valence electrons. The number of pyridine rings is 1. The summed E-state index contributed by atoms with van der Waals surface area (Å²) in [5, 5.41) is 4.29. The van der Waals surface area contributed by atoms with Gasteiger partial charge in [-0.05, 0) is 56.9 Å². The SMILES string of the molecule is C\C=C(F)/C(=C\C(=C\CC)C(F)(F)F)c1cc2n(n1)CCCC2.Nc1ncccc1OC(F)(F)F. The van der Waals surface area contributed by atoms with Gasteiger partial charge in [0.05, 0.1) is 11.3 Å². The lowest BCUT2D eigenvalue weighted by molar-refractivity contribution is -0.274. The van der Waals surface area contributed by atoms with E-state index in [1.54, 1.807) is 17.7 Å². The van der Waals surface area contributed by atoms with E-state index in [0.29, 0.717) is 0 Å². The van der Waals surface area contributed by atoms with E-state index in [4.69, 9.17) is 5.73 Å². The van der Waals surface area contributed by atoms with Crippen molar-refractivity contribution in [1.29, 1.82) is 0 Å². The fourth-order valence-electron chi connectivity index (χ4n) is 3.22. The van der Waals surface area contributed by atoms with Gasteiger partial charge < -0.3 is 10.5 Å². The molecular weight excluding hydrogens is 481 g/mol. The Hall–Kier alpha value is -3.31. The van der Waals surface area contributed by atoms with Crippen LogP contribution in [0.2, 0.25) is 0 Å². The summed E-state index contributed by atoms with van der Waals surface area (Å²) < 4.78 is 93.6. The number of hydrogen-bond acceptors (Lipinski definition) is 4. The smallest absolute Gasteiger partial charge is 0.402 e. The van der Waals surface area contributed by atoms with Crippen LogP contribution in [0, 0.1) is 0 Å². The number of aryl methyl sites for hydroxylation is 2. The van der Waals surface area contributed by atoms with Gasteiger partial charge in [0.25, 0.3) is 0 Å². The molecule has 0 unspecified atom stereocenters. The van der Waals surface area contributed by atoms with Crippen LogP contribution in [0.15, 0.2) is 54.0 Å². The molecule has 0 spiro atoms. The zero-order valence-electron chi connectivity index (χ0n) is 19.0. The number of nitrogen functional groups attached to an aromatic ring is 1. The largest absolute Gasteiger partial charge is 0.573 e. The van der Waals surface area contributed by atoms with Crippen molar-refractivity contribution < 1.29 is 35.5 Å². The predicted molar refractivity (Wildman–Crippen MR) is 118 cm³/mol. The number of ether oxygens (including phenoxy) is 1. The monoisotopic (exact) mass is 506 g/mol. The number of rotatable bonds is 5. The third-order valence-corrected chi connectivity index (χ3v) is 4.78. The summed E-state index contributed by atoms with van der Waals surface area (Å²) in [6, 6.07) is 4.08. The molecule has 2 N–H and O–H groups in total. The third-order valence-electron chi connectivity index (χ3n) is 4.78. The second kappa shape index (κ2) is 11.9. The van der Waals surface area contributed by atoms with Crippen molar-refractivity contribution in [2.45, 2.75) is 58.6 Å². The van der Waals surface area contributed by atoms with Crippen LogP contribution in [-0.2, 0) is 13.0 Å². The predicted octanol–water partition coefficient (Wildman–Crippen LogP) is 6.94. The highest BCUT2D eigenvalue weighted by Gasteiger charge is 2.33. The molecule has 0 aromatic carbocycles. The van der Waals surface area contributed by atoms with E-state index in [1.165, 1.54) is 19.2 Å². The minimum absolute atomic E-state index is 0.119. The van der Waals surface area contributed by atoms with Crippen LogP contribution in [-0.4, -0.2) is 27.3 Å². The van der Waals surface area contributed by atoms with Crippen LogP contribution in [0.1, 0.15) is 44.5 Å². The number of hydrogen-bond donors (Lipinski definition) is 1. The lowest BCUT2D eigenvalue weighted by atomic mass is 10.0. The van der Waals surface area contributed by atoms with Crippen LogP contribution in [0.4, 0.5) is 36.6 Å². The first kappa shape index (κ1) is 27.9. The molecule has 0 saturated heterocycles. The molecule has 5 nitrogen and oxygen atoms in total. The average Bonchev–Trinajstić information content (AvgIpc) is 3.20. The van der Waals surface area contributed by atoms with Crippen molar-refractivity contribution in [2.75, 3.05) is 5.73 Å². The number of nitrogens with zero attached hydrogens (tertiary/aromatic N) is 3. The molecule has 0 fully saturated rings. The Balaban J connectivity index is 0.000000303. The summed E-state index contributed by atoms with van der Waals surface area (Å²) in [4.78, 5) is 3.42. The van der Waals surface area contributed by atoms with Crippen molar-refractivity contribution in [3.63, 3.8) is 0 Å². The Morgan fingerprint density at radius 2 is 1.91 bits per heavy atom. The van der Waals surface area contributed by atoms with Gasteiger partial charge in [0.1, 0.15) is 5.83 Å². The number of anilines is 1. The molecule has 0 aliphatic carbocycles. The van der Waals surface area contributed by atoms with Crippen LogP contribution in [0.5, 0.6) is 5.75 Å². The van der Waals surface area contributed by atoms with Crippen LogP contribution < -0.4 is 10.5 Å². The summed E-state index contributed by atoms with van der Waals surface area (Å²) in [6.45, 7) is 3.79. The van der Waals surface area contributed by atoms with Gasteiger partial charge in [0, 0.05) is 24.0 Å². The molecule has 0 saturated carbocycles. The second-order valence-electron chi connectivity index (χ2n) is 7.40. The quantitative estimate of drug-likeness (QED) is 0.353. The van der Waals surface area contributed by atoms with Gasteiger partial charge >= 0.3 is 12.5 Å². The Morgan fingerprint density at radius 3 is 2.46 bits per heavy atom. The van der Waals surface area contributed by atoms with Gasteiger partial charge in [0.15, 0.2) is 11.6 Å². The maximum Gasteiger partial charge on any atom is 0.573 e. The lowest BCUT2D eigenvalue weighted by Crippen LogP contribution is -2.18. The molecule has 2 aromatic rings. The summed E-state index contributed by atoms with van der Waals surface area (Å²) >= 11 is 0. The van der Waals surface area contributed by atoms with Crippen molar-refractivity contribution in [2.24, 2.45) is 0 Å². The number of nitrogens with two attached hydrogens (primary N) is 1. The Kier molecular flexibility index (Phi) is 9.49.